The van der Waals surface area contributed by atoms with Crippen LogP contribution in [0.25, 0.3) is 0 Å². The Bertz CT molecular complexity index is 572. The third kappa shape index (κ3) is 3.70. The Balaban J connectivity index is 2.33. The molecule has 19 heavy (non-hydrogen) atoms. The number of para-hydroxylation sites is 1. The standard InChI is InChI=1S/C12H10Cl3N3O/c1-19-6-11-16-9(15)5-10(17-11)18-12-7(13)3-2-4-8(12)14/h2-5H,6H2,1H3,(H,16,17,18). The van der Waals surface area contributed by atoms with Gasteiger partial charge in [-0.25, -0.2) is 9.97 Å². The van der Waals surface area contributed by atoms with Crippen molar-refractivity contribution in [2.75, 3.05) is 12.4 Å². The monoisotopic (exact) mass is 317 g/mol. The lowest BCUT2D eigenvalue weighted by atomic mass is 10.3. The van der Waals surface area contributed by atoms with Crippen molar-refractivity contribution in [2.24, 2.45) is 0 Å². The molecule has 2 rings (SSSR count). The molecule has 0 saturated carbocycles. The van der Waals surface area contributed by atoms with Crippen LogP contribution in [0.2, 0.25) is 15.2 Å². The second-order valence-corrected chi connectivity index (χ2v) is 4.85. The van der Waals surface area contributed by atoms with E-state index in [0.717, 1.165) is 0 Å². The first-order valence-corrected chi connectivity index (χ1v) is 6.47. The van der Waals surface area contributed by atoms with Gasteiger partial charge in [-0.2, -0.15) is 0 Å². The maximum absolute atomic E-state index is 6.07. The maximum atomic E-state index is 6.07. The fourth-order valence-electron chi connectivity index (χ4n) is 1.47. The molecule has 0 atom stereocenters. The predicted molar refractivity (Wildman–Crippen MR) is 77.5 cm³/mol. The quantitative estimate of drug-likeness (QED) is 0.853. The molecule has 4 nitrogen and oxygen atoms in total. The number of methoxy groups -OCH3 is 1. The van der Waals surface area contributed by atoms with Gasteiger partial charge in [0.15, 0.2) is 5.82 Å². The van der Waals surface area contributed by atoms with Gasteiger partial charge in [-0.3, -0.25) is 0 Å². The highest BCUT2D eigenvalue weighted by molar-refractivity contribution is 6.39. The van der Waals surface area contributed by atoms with Gasteiger partial charge in [0.05, 0.1) is 15.7 Å². The van der Waals surface area contributed by atoms with Crippen molar-refractivity contribution < 1.29 is 4.74 Å². The third-order valence-corrected chi connectivity index (χ3v) is 3.05. The Morgan fingerprint density at radius 2 is 1.84 bits per heavy atom. The van der Waals surface area contributed by atoms with Crippen molar-refractivity contribution in [1.82, 2.24) is 9.97 Å². The van der Waals surface area contributed by atoms with Gasteiger partial charge in [-0.05, 0) is 12.1 Å². The summed E-state index contributed by atoms with van der Waals surface area (Å²) in [4.78, 5) is 8.29. The minimum absolute atomic E-state index is 0.269. The summed E-state index contributed by atoms with van der Waals surface area (Å²) < 4.78 is 4.97. The molecule has 0 spiro atoms. The van der Waals surface area contributed by atoms with Crippen molar-refractivity contribution in [2.45, 2.75) is 6.61 Å². The van der Waals surface area contributed by atoms with Crippen molar-refractivity contribution in [3.8, 4) is 0 Å². The fourth-order valence-corrected chi connectivity index (χ4v) is 2.16. The molecule has 0 bridgehead atoms. The van der Waals surface area contributed by atoms with Crippen molar-refractivity contribution >= 4 is 46.3 Å². The minimum Gasteiger partial charge on any atom is -0.377 e. The molecule has 0 aliphatic rings. The Morgan fingerprint density at radius 1 is 1.16 bits per heavy atom. The summed E-state index contributed by atoms with van der Waals surface area (Å²) in [6, 6.07) is 6.81. The molecule has 2 aromatic rings. The number of ether oxygens (including phenoxy) is 1. The number of hydrogen-bond acceptors (Lipinski definition) is 4. The lowest BCUT2D eigenvalue weighted by molar-refractivity contribution is 0.178. The van der Waals surface area contributed by atoms with E-state index in [1.807, 2.05) is 0 Å². The van der Waals surface area contributed by atoms with Gasteiger partial charge >= 0.3 is 0 Å². The summed E-state index contributed by atoms with van der Waals surface area (Å²) >= 11 is 18.1. The molecule has 0 unspecified atom stereocenters. The summed E-state index contributed by atoms with van der Waals surface area (Å²) in [6.07, 6.45) is 0. The minimum atomic E-state index is 0.269. The molecule has 100 valence electrons. The maximum Gasteiger partial charge on any atom is 0.158 e. The van der Waals surface area contributed by atoms with Crippen LogP contribution in [-0.2, 0) is 11.3 Å². The SMILES string of the molecule is COCc1nc(Cl)cc(Nc2c(Cl)cccc2Cl)n1. The molecule has 0 aliphatic carbocycles. The zero-order valence-corrected chi connectivity index (χ0v) is 12.2. The van der Waals surface area contributed by atoms with Crippen LogP contribution in [0.3, 0.4) is 0 Å². The van der Waals surface area contributed by atoms with Gasteiger partial charge in [0.2, 0.25) is 0 Å². The van der Waals surface area contributed by atoms with Crippen molar-refractivity contribution in [3.63, 3.8) is 0 Å². The summed E-state index contributed by atoms with van der Waals surface area (Å²) in [5.74, 6) is 0.975. The van der Waals surface area contributed by atoms with Crippen LogP contribution in [0.5, 0.6) is 0 Å². The zero-order valence-electron chi connectivity index (χ0n) is 9.95. The molecule has 1 heterocycles. The van der Waals surface area contributed by atoms with Crippen LogP contribution < -0.4 is 5.32 Å². The Kier molecular flexibility index (Phi) is 4.82. The van der Waals surface area contributed by atoms with Crippen LogP contribution >= 0.6 is 34.8 Å². The highest BCUT2D eigenvalue weighted by Crippen LogP contribution is 2.32. The zero-order chi connectivity index (χ0) is 13.8. The van der Waals surface area contributed by atoms with Crippen LogP contribution in [0, 0.1) is 0 Å². The van der Waals surface area contributed by atoms with E-state index in [1.165, 1.54) is 0 Å². The normalized spacial score (nSPS) is 10.5. The van der Waals surface area contributed by atoms with E-state index in [9.17, 15) is 0 Å². The number of anilines is 2. The molecule has 0 radical (unpaired) electrons. The Morgan fingerprint density at radius 3 is 2.47 bits per heavy atom. The van der Waals surface area contributed by atoms with Gasteiger partial charge in [0.1, 0.15) is 17.6 Å². The van der Waals surface area contributed by atoms with Gasteiger partial charge in [-0.1, -0.05) is 40.9 Å². The van der Waals surface area contributed by atoms with E-state index in [-0.39, 0.29) is 6.61 Å². The Hall–Kier alpha value is -1.07. The smallest absolute Gasteiger partial charge is 0.158 e. The van der Waals surface area contributed by atoms with Crippen LogP contribution in [0.1, 0.15) is 5.82 Å². The van der Waals surface area contributed by atoms with Gasteiger partial charge < -0.3 is 10.1 Å². The summed E-state index contributed by atoms with van der Waals surface area (Å²) in [7, 11) is 1.56. The number of hydrogen-bond donors (Lipinski definition) is 1. The highest BCUT2D eigenvalue weighted by Gasteiger charge is 2.08. The number of nitrogens with one attached hydrogen (secondary N) is 1. The van der Waals surface area contributed by atoms with E-state index in [2.05, 4.69) is 15.3 Å². The summed E-state index contributed by atoms with van der Waals surface area (Å²) in [6.45, 7) is 0.269. The van der Waals surface area contributed by atoms with E-state index >= 15 is 0 Å². The largest absolute Gasteiger partial charge is 0.377 e. The molecule has 0 saturated heterocycles. The number of aromatic nitrogens is 2. The average molecular weight is 319 g/mol. The number of benzene rings is 1. The van der Waals surface area contributed by atoms with Crippen LogP contribution in [-0.4, -0.2) is 17.1 Å². The molecule has 0 amide bonds. The van der Waals surface area contributed by atoms with Crippen LogP contribution in [0.4, 0.5) is 11.5 Å². The molecule has 1 N–H and O–H groups in total. The van der Waals surface area contributed by atoms with E-state index in [1.54, 1.807) is 31.4 Å². The Labute approximate surface area is 125 Å². The highest BCUT2D eigenvalue weighted by atomic mass is 35.5. The average Bonchev–Trinajstić information content (AvgIpc) is 2.34. The third-order valence-electron chi connectivity index (χ3n) is 2.23. The molecular weight excluding hydrogens is 309 g/mol. The lowest BCUT2D eigenvalue weighted by Crippen LogP contribution is -2.02. The van der Waals surface area contributed by atoms with Crippen molar-refractivity contribution in [3.05, 3.63) is 45.3 Å². The van der Waals surface area contributed by atoms with E-state index in [4.69, 9.17) is 39.5 Å². The summed E-state index contributed by atoms with van der Waals surface area (Å²) in [5.41, 5.74) is 0.573. The second-order valence-electron chi connectivity index (χ2n) is 3.65. The number of halogens is 3. The first kappa shape index (κ1) is 14.3. The lowest BCUT2D eigenvalue weighted by Gasteiger charge is -2.10. The molecule has 0 fully saturated rings. The molecule has 1 aromatic heterocycles. The number of rotatable bonds is 4. The second kappa shape index (κ2) is 6.39. The molecular formula is C12H10Cl3N3O. The molecule has 0 aliphatic heterocycles. The fraction of sp³-hybridized carbons (Fsp3) is 0.167. The van der Waals surface area contributed by atoms with E-state index in [0.29, 0.717) is 32.5 Å². The van der Waals surface area contributed by atoms with Gasteiger partial charge in [-0.15, -0.1) is 0 Å². The number of nitrogens with zero attached hydrogens (tertiary/aromatic N) is 2. The van der Waals surface area contributed by atoms with E-state index < -0.39 is 0 Å². The first-order chi connectivity index (χ1) is 9.10. The first-order valence-electron chi connectivity index (χ1n) is 5.33. The predicted octanol–water partition coefficient (Wildman–Crippen LogP) is 4.33. The van der Waals surface area contributed by atoms with Crippen LogP contribution in [0.15, 0.2) is 24.3 Å². The van der Waals surface area contributed by atoms with Gasteiger partial charge in [0.25, 0.3) is 0 Å². The summed E-state index contributed by atoms with van der Waals surface area (Å²) in [5, 5.41) is 4.33. The molecule has 1 aromatic carbocycles. The molecule has 7 heteroatoms. The van der Waals surface area contributed by atoms with Gasteiger partial charge in [0, 0.05) is 13.2 Å². The van der Waals surface area contributed by atoms with Crippen molar-refractivity contribution in [1.29, 1.82) is 0 Å². The topological polar surface area (TPSA) is 47.0 Å².